The van der Waals surface area contributed by atoms with E-state index in [1.165, 1.54) is 23.9 Å². The Labute approximate surface area is 191 Å². The number of rotatable bonds is 8. The summed E-state index contributed by atoms with van der Waals surface area (Å²) in [5.41, 5.74) is 4.42. The van der Waals surface area contributed by atoms with Crippen LogP contribution in [0.25, 0.3) is 22.5 Å². The van der Waals surface area contributed by atoms with E-state index in [9.17, 15) is 9.18 Å². The standard InChI is InChI=1S/C26H23FN2O2S/c1-2-31-23(30)17-29-25(21-13-7-4-8-14-21)24(20-11-5-3-6-12-20)28-26(29)32-18-19-10-9-15-22(27)16-19/h3-16H,2,17-18H2,1H3. The predicted octanol–water partition coefficient (Wildman–Crippen LogP) is 6.21. The fourth-order valence-electron chi connectivity index (χ4n) is 3.49. The number of hydrogen-bond acceptors (Lipinski definition) is 4. The van der Waals surface area contributed by atoms with Crippen LogP contribution < -0.4 is 0 Å². The van der Waals surface area contributed by atoms with E-state index in [-0.39, 0.29) is 18.3 Å². The van der Waals surface area contributed by atoms with E-state index in [0.29, 0.717) is 17.5 Å². The average Bonchev–Trinajstić information content (AvgIpc) is 3.17. The second-order valence-electron chi connectivity index (χ2n) is 7.13. The fraction of sp³-hybridized carbons (Fsp3) is 0.154. The van der Waals surface area contributed by atoms with Gasteiger partial charge in [-0.3, -0.25) is 4.79 Å². The van der Waals surface area contributed by atoms with E-state index in [4.69, 9.17) is 9.72 Å². The van der Waals surface area contributed by atoms with Gasteiger partial charge in [0.2, 0.25) is 0 Å². The third-order valence-electron chi connectivity index (χ3n) is 4.88. The molecule has 0 unspecified atom stereocenters. The Morgan fingerprint density at radius 1 is 0.969 bits per heavy atom. The molecule has 0 saturated heterocycles. The molecule has 0 N–H and O–H groups in total. The average molecular weight is 447 g/mol. The summed E-state index contributed by atoms with van der Waals surface area (Å²) in [6.45, 7) is 2.15. The zero-order chi connectivity index (χ0) is 22.3. The molecule has 0 aliphatic heterocycles. The molecule has 0 bridgehead atoms. The van der Waals surface area contributed by atoms with E-state index in [0.717, 1.165) is 28.1 Å². The second kappa shape index (κ2) is 10.3. The Hall–Kier alpha value is -3.38. The van der Waals surface area contributed by atoms with Crippen LogP contribution in [0.3, 0.4) is 0 Å². The number of nitrogens with zero attached hydrogens (tertiary/aromatic N) is 2. The first kappa shape index (κ1) is 21.8. The van der Waals surface area contributed by atoms with E-state index in [1.54, 1.807) is 13.0 Å². The molecule has 0 radical (unpaired) electrons. The lowest BCUT2D eigenvalue weighted by atomic mass is 10.0. The number of halogens is 1. The van der Waals surface area contributed by atoms with Gasteiger partial charge in [-0.25, -0.2) is 9.37 Å². The first-order chi connectivity index (χ1) is 15.7. The maximum atomic E-state index is 13.6. The highest BCUT2D eigenvalue weighted by molar-refractivity contribution is 7.98. The summed E-state index contributed by atoms with van der Waals surface area (Å²) >= 11 is 1.47. The van der Waals surface area contributed by atoms with E-state index in [2.05, 4.69) is 0 Å². The lowest BCUT2D eigenvalue weighted by Gasteiger charge is -2.12. The zero-order valence-corrected chi connectivity index (χ0v) is 18.5. The molecule has 4 rings (SSSR count). The van der Waals surface area contributed by atoms with Gasteiger partial charge in [0.25, 0.3) is 0 Å². The van der Waals surface area contributed by atoms with Gasteiger partial charge in [0.15, 0.2) is 5.16 Å². The van der Waals surface area contributed by atoms with Crippen molar-refractivity contribution in [2.24, 2.45) is 0 Å². The number of benzene rings is 3. The topological polar surface area (TPSA) is 44.1 Å². The number of aromatic nitrogens is 2. The minimum Gasteiger partial charge on any atom is -0.465 e. The number of hydrogen-bond donors (Lipinski definition) is 0. The van der Waals surface area contributed by atoms with Crippen LogP contribution >= 0.6 is 11.8 Å². The molecule has 1 heterocycles. The van der Waals surface area contributed by atoms with Gasteiger partial charge in [-0.05, 0) is 24.6 Å². The fourth-order valence-corrected chi connectivity index (χ4v) is 4.43. The third-order valence-corrected chi connectivity index (χ3v) is 5.92. The van der Waals surface area contributed by atoms with Gasteiger partial charge in [0.05, 0.1) is 18.0 Å². The monoisotopic (exact) mass is 446 g/mol. The van der Waals surface area contributed by atoms with Crippen LogP contribution in [0, 0.1) is 5.82 Å². The molecule has 4 nitrogen and oxygen atoms in total. The molecule has 32 heavy (non-hydrogen) atoms. The molecule has 3 aromatic carbocycles. The summed E-state index contributed by atoms with van der Waals surface area (Å²) in [7, 11) is 0. The number of ether oxygens (including phenoxy) is 1. The number of carbonyl (C=O) groups excluding carboxylic acids is 1. The second-order valence-corrected chi connectivity index (χ2v) is 8.08. The van der Waals surface area contributed by atoms with Crippen LogP contribution in [0.5, 0.6) is 0 Å². The summed E-state index contributed by atoms with van der Waals surface area (Å²) in [6.07, 6.45) is 0. The van der Waals surface area contributed by atoms with Crippen LogP contribution in [0.4, 0.5) is 4.39 Å². The normalized spacial score (nSPS) is 10.8. The van der Waals surface area contributed by atoms with Gasteiger partial charge < -0.3 is 9.30 Å². The Bertz CT molecular complexity index is 1190. The smallest absolute Gasteiger partial charge is 0.326 e. The zero-order valence-electron chi connectivity index (χ0n) is 17.7. The van der Waals surface area contributed by atoms with Crippen LogP contribution in [-0.2, 0) is 21.8 Å². The van der Waals surface area contributed by atoms with Gasteiger partial charge >= 0.3 is 5.97 Å². The molecule has 0 fully saturated rings. The Kier molecular flexibility index (Phi) is 7.02. The summed E-state index contributed by atoms with van der Waals surface area (Å²) in [5, 5.41) is 0.681. The number of carbonyl (C=O) groups is 1. The molecule has 1 aromatic heterocycles. The largest absolute Gasteiger partial charge is 0.465 e. The first-order valence-electron chi connectivity index (χ1n) is 10.4. The highest BCUT2D eigenvalue weighted by atomic mass is 32.2. The molecule has 0 atom stereocenters. The van der Waals surface area contributed by atoms with Crippen LogP contribution in [0.15, 0.2) is 90.1 Å². The van der Waals surface area contributed by atoms with Crippen LogP contribution in [0.1, 0.15) is 12.5 Å². The van der Waals surface area contributed by atoms with Crippen molar-refractivity contribution in [2.45, 2.75) is 24.4 Å². The summed E-state index contributed by atoms with van der Waals surface area (Å²) in [6, 6.07) is 26.3. The molecule has 0 aliphatic rings. The van der Waals surface area contributed by atoms with Gasteiger partial charge in [-0.2, -0.15) is 0 Å². The van der Waals surface area contributed by atoms with Crippen molar-refractivity contribution in [3.8, 4) is 22.5 Å². The first-order valence-corrected chi connectivity index (χ1v) is 11.4. The van der Waals surface area contributed by atoms with E-state index < -0.39 is 0 Å². The van der Waals surface area contributed by atoms with Gasteiger partial charge in [0, 0.05) is 16.9 Å². The van der Waals surface area contributed by atoms with Crippen molar-refractivity contribution < 1.29 is 13.9 Å². The SMILES string of the molecule is CCOC(=O)Cn1c(SCc2cccc(F)c2)nc(-c2ccccc2)c1-c1ccccc1. The lowest BCUT2D eigenvalue weighted by molar-refractivity contribution is -0.143. The third kappa shape index (κ3) is 5.08. The number of imidazole rings is 1. The van der Waals surface area contributed by atoms with Crippen molar-refractivity contribution in [3.05, 3.63) is 96.3 Å². The Balaban J connectivity index is 1.81. The van der Waals surface area contributed by atoms with E-state index in [1.807, 2.05) is 71.3 Å². The number of esters is 1. The molecule has 0 saturated carbocycles. The molecule has 6 heteroatoms. The quantitative estimate of drug-likeness (QED) is 0.238. The van der Waals surface area contributed by atoms with Crippen molar-refractivity contribution in [1.29, 1.82) is 0 Å². The molecule has 162 valence electrons. The molecule has 0 spiro atoms. The molecule has 4 aromatic rings. The van der Waals surface area contributed by atoms with Crippen molar-refractivity contribution in [3.63, 3.8) is 0 Å². The summed E-state index contributed by atoms with van der Waals surface area (Å²) in [5.74, 6) is -0.0673. The summed E-state index contributed by atoms with van der Waals surface area (Å²) < 4.78 is 20.8. The minimum absolute atomic E-state index is 0.0450. The van der Waals surface area contributed by atoms with Crippen molar-refractivity contribution >= 4 is 17.7 Å². The summed E-state index contributed by atoms with van der Waals surface area (Å²) in [4.78, 5) is 17.4. The highest BCUT2D eigenvalue weighted by Crippen LogP contribution is 2.36. The predicted molar refractivity (Wildman–Crippen MR) is 126 cm³/mol. The van der Waals surface area contributed by atoms with Crippen molar-refractivity contribution in [1.82, 2.24) is 9.55 Å². The van der Waals surface area contributed by atoms with Crippen molar-refractivity contribution in [2.75, 3.05) is 6.61 Å². The van der Waals surface area contributed by atoms with Gasteiger partial charge in [-0.1, -0.05) is 84.6 Å². The lowest BCUT2D eigenvalue weighted by Crippen LogP contribution is -2.15. The highest BCUT2D eigenvalue weighted by Gasteiger charge is 2.22. The maximum Gasteiger partial charge on any atom is 0.326 e. The molecular formula is C26H23FN2O2S. The molecular weight excluding hydrogens is 423 g/mol. The van der Waals surface area contributed by atoms with E-state index >= 15 is 0 Å². The molecule has 0 amide bonds. The Morgan fingerprint density at radius 2 is 1.66 bits per heavy atom. The van der Waals surface area contributed by atoms with Gasteiger partial charge in [0.1, 0.15) is 12.4 Å². The number of thioether (sulfide) groups is 1. The van der Waals surface area contributed by atoms with Gasteiger partial charge in [-0.15, -0.1) is 0 Å². The Morgan fingerprint density at radius 3 is 2.31 bits per heavy atom. The molecule has 0 aliphatic carbocycles. The maximum absolute atomic E-state index is 13.6. The van der Waals surface area contributed by atoms with Crippen LogP contribution in [-0.4, -0.2) is 22.1 Å². The minimum atomic E-state index is -0.325. The van der Waals surface area contributed by atoms with Crippen LogP contribution in [0.2, 0.25) is 0 Å².